The van der Waals surface area contributed by atoms with Crippen LogP contribution in [-0.2, 0) is 4.84 Å². The Morgan fingerprint density at radius 2 is 1.71 bits per heavy atom. The normalized spacial score (nSPS) is 17.6. The molecule has 1 aliphatic rings. The Morgan fingerprint density at radius 3 is 2.38 bits per heavy atom. The summed E-state index contributed by atoms with van der Waals surface area (Å²) in [5.41, 5.74) is 3.61. The zero-order valence-corrected chi connectivity index (χ0v) is 14.4. The third-order valence-corrected chi connectivity index (χ3v) is 4.15. The SMILES string of the molecule is CCNCCC1=N[C@@H](c2ccc(-c3ccccc3)cc2)N(CC)O1. The highest BCUT2D eigenvalue weighted by Crippen LogP contribution is 2.30. The van der Waals surface area contributed by atoms with Crippen molar-refractivity contribution in [3.05, 3.63) is 60.2 Å². The largest absolute Gasteiger partial charge is 0.388 e. The van der Waals surface area contributed by atoms with E-state index in [2.05, 4.69) is 67.7 Å². The molecule has 1 N–H and O–H groups in total. The first-order valence-corrected chi connectivity index (χ1v) is 8.69. The van der Waals surface area contributed by atoms with E-state index in [9.17, 15) is 0 Å². The van der Waals surface area contributed by atoms with Gasteiger partial charge in [-0.1, -0.05) is 61.5 Å². The van der Waals surface area contributed by atoms with Crippen molar-refractivity contribution in [2.75, 3.05) is 19.6 Å². The molecule has 3 rings (SSSR count). The maximum atomic E-state index is 5.88. The molecule has 0 radical (unpaired) electrons. The summed E-state index contributed by atoms with van der Waals surface area (Å²) in [4.78, 5) is 10.6. The summed E-state index contributed by atoms with van der Waals surface area (Å²) in [6.07, 6.45) is 0.777. The predicted molar refractivity (Wildman–Crippen MR) is 98.7 cm³/mol. The minimum Gasteiger partial charge on any atom is -0.388 e. The average molecular weight is 323 g/mol. The van der Waals surface area contributed by atoms with Crippen molar-refractivity contribution in [3.63, 3.8) is 0 Å². The lowest BCUT2D eigenvalue weighted by molar-refractivity contribution is -0.0815. The first-order valence-electron chi connectivity index (χ1n) is 8.69. The van der Waals surface area contributed by atoms with Gasteiger partial charge in [-0.05, 0) is 30.2 Å². The standard InChI is InChI=1S/C20H25N3O/c1-3-21-15-14-19-22-20(23(4-2)24-19)18-12-10-17(11-13-18)16-8-6-5-7-9-16/h5-13,20-21H,3-4,14-15H2,1-2H3/t20-/m1/s1. The third-order valence-electron chi connectivity index (χ3n) is 4.15. The number of hydrogen-bond donors (Lipinski definition) is 1. The van der Waals surface area contributed by atoms with Crippen molar-refractivity contribution >= 4 is 5.90 Å². The van der Waals surface area contributed by atoms with Gasteiger partial charge >= 0.3 is 0 Å². The quantitative estimate of drug-likeness (QED) is 0.782. The molecule has 0 saturated carbocycles. The smallest absolute Gasteiger partial charge is 0.213 e. The van der Waals surface area contributed by atoms with Crippen LogP contribution in [0.25, 0.3) is 11.1 Å². The fourth-order valence-corrected chi connectivity index (χ4v) is 2.85. The van der Waals surface area contributed by atoms with Crippen LogP contribution in [-0.4, -0.2) is 30.6 Å². The monoisotopic (exact) mass is 323 g/mol. The summed E-state index contributed by atoms with van der Waals surface area (Å²) in [6.45, 7) is 6.86. The Hall–Kier alpha value is -2.17. The van der Waals surface area contributed by atoms with E-state index in [1.165, 1.54) is 11.1 Å². The highest BCUT2D eigenvalue weighted by atomic mass is 16.7. The molecular formula is C20H25N3O. The number of benzene rings is 2. The van der Waals surface area contributed by atoms with Crippen molar-refractivity contribution in [2.45, 2.75) is 26.4 Å². The Balaban J connectivity index is 1.74. The Bertz CT molecular complexity index is 667. The van der Waals surface area contributed by atoms with Gasteiger partial charge < -0.3 is 10.2 Å². The molecule has 0 bridgehead atoms. The van der Waals surface area contributed by atoms with E-state index < -0.39 is 0 Å². The van der Waals surface area contributed by atoms with Crippen molar-refractivity contribution in [2.24, 2.45) is 4.99 Å². The van der Waals surface area contributed by atoms with Gasteiger partial charge in [0, 0.05) is 19.5 Å². The van der Waals surface area contributed by atoms with Crippen molar-refractivity contribution in [1.82, 2.24) is 10.4 Å². The van der Waals surface area contributed by atoms with Crippen LogP contribution in [0.4, 0.5) is 0 Å². The fourth-order valence-electron chi connectivity index (χ4n) is 2.85. The van der Waals surface area contributed by atoms with Crippen molar-refractivity contribution < 1.29 is 4.84 Å². The maximum absolute atomic E-state index is 5.88. The molecular weight excluding hydrogens is 298 g/mol. The Labute approximate surface area is 144 Å². The minimum absolute atomic E-state index is 0.0450. The average Bonchev–Trinajstić information content (AvgIpc) is 3.06. The fraction of sp³-hybridized carbons (Fsp3) is 0.350. The lowest BCUT2D eigenvalue weighted by Crippen LogP contribution is -2.24. The number of hydroxylamine groups is 2. The Morgan fingerprint density at radius 1 is 1.00 bits per heavy atom. The third kappa shape index (κ3) is 3.83. The van der Waals surface area contributed by atoms with Crippen molar-refractivity contribution in [3.8, 4) is 11.1 Å². The van der Waals surface area contributed by atoms with E-state index in [0.29, 0.717) is 0 Å². The van der Waals surface area contributed by atoms with Crippen LogP contribution in [0, 0.1) is 0 Å². The number of nitrogens with zero attached hydrogens (tertiary/aromatic N) is 2. The molecule has 0 amide bonds. The summed E-state index contributed by atoms with van der Waals surface area (Å²) >= 11 is 0. The first-order chi connectivity index (χ1) is 11.8. The van der Waals surface area contributed by atoms with Gasteiger partial charge in [0.05, 0.1) is 0 Å². The number of aliphatic imine (C=N–C) groups is 1. The maximum Gasteiger partial charge on any atom is 0.213 e. The highest BCUT2D eigenvalue weighted by Gasteiger charge is 2.28. The molecule has 24 heavy (non-hydrogen) atoms. The molecule has 4 nitrogen and oxygen atoms in total. The number of rotatable bonds is 7. The van der Waals surface area contributed by atoms with Crippen LogP contribution in [0.5, 0.6) is 0 Å². The summed E-state index contributed by atoms with van der Waals surface area (Å²) in [7, 11) is 0. The van der Waals surface area contributed by atoms with Crippen molar-refractivity contribution in [1.29, 1.82) is 0 Å². The second-order valence-electron chi connectivity index (χ2n) is 5.81. The summed E-state index contributed by atoms with van der Waals surface area (Å²) in [5.74, 6) is 0.815. The molecule has 0 unspecified atom stereocenters. The molecule has 2 aromatic carbocycles. The zero-order chi connectivity index (χ0) is 16.8. The summed E-state index contributed by atoms with van der Waals surface area (Å²) < 4.78 is 0. The van der Waals surface area contributed by atoms with Gasteiger partial charge in [-0.2, -0.15) is 0 Å². The lowest BCUT2D eigenvalue weighted by atomic mass is 10.0. The van der Waals surface area contributed by atoms with E-state index in [4.69, 9.17) is 9.83 Å². The lowest BCUT2D eigenvalue weighted by Gasteiger charge is -2.19. The van der Waals surface area contributed by atoms with Crippen LogP contribution < -0.4 is 5.32 Å². The van der Waals surface area contributed by atoms with Crippen LogP contribution >= 0.6 is 0 Å². The van der Waals surface area contributed by atoms with E-state index >= 15 is 0 Å². The van der Waals surface area contributed by atoms with E-state index in [0.717, 1.165) is 37.5 Å². The molecule has 0 aromatic heterocycles. The molecule has 0 fully saturated rings. The zero-order valence-electron chi connectivity index (χ0n) is 14.4. The number of hydrogen-bond acceptors (Lipinski definition) is 4. The van der Waals surface area contributed by atoms with E-state index in [1.54, 1.807) is 0 Å². The summed E-state index contributed by atoms with van der Waals surface area (Å²) in [5, 5.41) is 5.25. The van der Waals surface area contributed by atoms with Gasteiger partial charge in [-0.15, -0.1) is 5.06 Å². The second-order valence-corrected chi connectivity index (χ2v) is 5.81. The van der Waals surface area contributed by atoms with Crippen LogP contribution in [0.15, 0.2) is 59.6 Å². The van der Waals surface area contributed by atoms with Crippen LogP contribution in [0.1, 0.15) is 32.0 Å². The van der Waals surface area contributed by atoms with Gasteiger partial charge in [0.2, 0.25) is 5.90 Å². The van der Waals surface area contributed by atoms with Gasteiger partial charge in [0.1, 0.15) is 0 Å². The Kier molecular flexibility index (Phi) is 5.62. The van der Waals surface area contributed by atoms with E-state index in [1.807, 2.05) is 11.1 Å². The molecule has 1 atom stereocenters. The summed E-state index contributed by atoms with van der Waals surface area (Å²) in [6, 6.07) is 19.0. The molecule has 0 saturated heterocycles. The highest BCUT2D eigenvalue weighted by molar-refractivity contribution is 5.77. The molecule has 0 aliphatic carbocycles. The van der Waals surface area contributed by atoms with E-state index in [-0.39, 0.29) is 6.17 Å². The number of nitrogens with one attached hydrogen (secondary N) is 1. The molecule has 4 heteroatoms. The topological polar surface area (TPSA) is 36.9 Å². The predicted octanol–water partition coefficient (Wildman–Crippen LogP) is 4.02. The molecule has 1 heterocycles. The first kappa shape index (κ1) is 16.7. The van der Waals surface area contributed by atoms with Gasteiger partial charge in [0.15, 0.2) is 6.17 Å². The molecule has 126 valence electrons. The second kappa shape index (κ2) is 8.08. The van der Waals surface area contributed by atoms with Gasteiger partial charge in [-0.3, -0.25) is 0 Å². The molecule has 0 spiro atoms. The van der Waals surface area contributed by atoms with Gasteiger partial charge in [0.25, 0.3) is 0 Å². The molecule has 2 aromatic rings. The van der Waals surface area contributed by atoms with Crippen LogP contribution in [0.3, 0.4) is 0 Å². The van der Waals surface area contributed by atoms with Gasteiger partial charge in [-0.25, -0.2) is 4.99 Å². The van der Waals surface area contributed by atoms with Crippen LogP contribution in [0.2, 0.25) is 0 Å². The minimum atomic E-state index is -0.0450. The molecule has 1 aliphatic heterocycles.